The number of amides is 2. The summed E-state index contributed by atoms with van der Waals surface area (Å²) in [5, 5.41) is 9.00. The number of ether oxygens (including phenoxy) is 1. The molecule has 2 amide bonds. The van der Waals surface area contributed by atoms with Crippen LogP contribution in [0.4, 0.5) is 5.69 Å². The topological polar surface area (TPSA) is 87.2 Å². The zero-order valence-electron chi connectivity index (χ0n) is 13.3. The first kappa shape index (κ1) is 16.4. The van der Waals surface area contributed by atoms with Crippen LogP contribution in [0.2, 0.25) is 0 Å². The Morgan fingerprint density at radius 2 is 2.04 bits per heavy atom. The van der Waals surface area contributed by atoms with Crippen molar-refractivity contribution in [2.45, 2.75) is 25.4 Å². The van der Waals surface area contributed by atoms with E-state index in [2.05, 4.69) is 0 Å². The average molecular weight is 332 g/mol. The Bertz CT molecular complexity index is 660. The summed E-state index contributed by atoms with van der Waals surface area (Å²) in [7, 11) is 0. The van der Waals surface area contributed by atoms with Crippen LogP contribution < -0.4 is 4.90 Å². The standard InChI is InChI=1S/C17H20N2O5/c20-15(18-9-10-24-14(11-18)17(22)23)7-8-19-13-4-2-1-3-12(13)5-6-16(19)21/h1-4,14H,5-11H2,(H,22,23)/t14-/m1/s1. The van der Waals surface area contributed by atoms with E-state index in [9.17, 15) is 14.4 Å². The number of carboxylic acids is 1. The van der Waals surface area contributed by atoms with E-state index in [1.165, 1.54) is 4.90 Å². The van der Waals surface area contributed by atoms with Gasteiger partial charge in [-0.15, -0.1) is 0 Å². The number of para-hydroxylation sites is 1. The Morgan fingerprint density at radius 1 is 1.25 bits per heavy atom. The smallest absolute Gasteiger partial charge is 0.334 e. The zero-order valence-corrected chi connectivity index (χ0v) is 13.3. The van der Waals surface area contributed by atoms with E-state index < -0.39 is 12.1 Å². The average Bonchev–Trinajstić information content (AvgIpc) is 2.60. The van der Waals surface area contributed by atoms with Crippen LogP contribution in [0.1, 0.15) is 18.4 Å². The molecular weight excluding hydrogens is 312 g/mol. The second kappa shape index (κ2) is 7.00. The highest BCUT2D eigenvalue weighted by Crippen LogP contribution is 2.27. The maximum atomic E-state index is 12.4. The van der Waals surface area contributed by atoms with Crippen LogP contribution in [0.3, 0.4) is 0 Å². The number of nitrogens with zero attached hydrogens (tertiary/aromatic N) is 2. The van der Waals surface area contributed by atoms with Gasteiger partial charge in [0.15, 0.2) is 6.10 Å². The summed E-state index contributed by atoms with van der Waals surface area (Å²) in [5.74, 6) is -1.19. The number of hydrogen-bond donors (Lipinski definition) is 1. The number of fused-ring (bicyclic) bond motifs is 1. The highest BCUT2D eigenvalue weighted by molar-refractivity contribution is 5.97. The third-order valence-electron chi connectivity index (χ3n) is 4.44. The van der Waals surface area contributed by atoms with Crippen LogP contribution in [-0.4, -0.2) is 60.1 Å². The number of carbonyl (C=O) groups excluding carboxylic acids is 2. The van der Waals surface area contributed by atoms with Crippen molar-refractivity contribution in [2.24, 2.45) is 0 Å². The van der Waals surface area contributed by atoms with Gasteiger partial charge in [-0.1, -0.05) is 18.2 Å². The molecule has 2 aliphatic rings. The first-order chi connectivity index (χ1) is 11.6. The molecule has 2 heterocycles. The fraction of sp³-hybridized carbons (Fsp3) is 0.471. The minimum absolute atomic E-state index is 0.0203. The molecular formula is C17H20N2O5. The first-order valence-corrected chi connectivity index (χ1v) is 8.06. The van der Waals surface area contributed by atoms with Crippen molar-refractivity contribution >= 4 is 23.5 Å². The summed E-state index contributed by atoms with van der Waals surface area (Å²) in [6.07, 6.45) is 0.375. The van der Waals surface area contributed by atoms with Gasteiger partial charge in [0.05, 0.1) is 13.2 Å². The van der Waals surface area contributed by atoms with Crippen molar-refractivity contribution in [1.29, 1.82) is 0 Å². The van der Waals surface area contributed by atoms with Crippen LogP contribution in [0.5, 0.6) is 0 Å². The molecule has 0 spiro atoms. The predicted octanol–water partition coefficient (Wildman–Crippen LogP) is 0.668. The van der Waals surface area contributed by atoms with E-state index in [4.69, 9.17) is 9.84 Å². The van der Waals surface area contributed by atoms with Crippen molar-refractivity contribution in [3.05, 3.63) is 29.8 Å². The summed E-state index contributed by atoms with van der Waals surface area (Å²) in [4.78, 5) is 38.7. The number of benzene rings is 1. The molecule has 7 nitrogen and oxygen atoms in total. The lowest BCUT2D eigenvalue weighted by Crippen LogP contribution is -2.49. The predicted molar refractivity (Wildman–Crippen MR) is 85.7 cm³/mol. The number of aliphatic carboxylic acids is 1. The zero-order chi connectivity index (χ0) is 17.1. The van der Waals surface area contributed by atoms with E-state index in [1.54, 1.807) is 4.90 Å². The quantitative estimate of drug-likeness (QED) is 0.875. The number of anilines is 1. The molecule has 0 radical (unpaired) electrons. The van der Waals surface area contributed by atoms with E-state index in [1.807, 2.05) is 24.3 Å². The molecule has 0 aliphatic carbocycles. The molecule has 128 valence electrons. The number of rotatable bonds is 4. The van der Waals surface area contributed by atoms with E-state index >= 15 is 0 Å². The second-order valence-corrected chi connectivity index (χ2v) is 5.96. The molecule has 0 unspecified atom stereocenters. The van der Waals surface area contributed by atoms with Gasteiger partial charge >= 0.3 is 5.97 Å². The third-order valence-corrected chi connectivity index (χ3v) is 4.44. The van der Waals surface area contributed by atoms with Crippen molar-refractivity contribution in [1.82, 2.24) is 4.90 Å². The van der Waals surface area contributed by atoms with Crippen molar-refractivity contribution in [2.75, 3.05) is 31.1 Å². The number of morpholine rings is 1. The van der Waals surface area contributed by atoms with E-state index in [-0.39, 0.29) is 31.4 Å². The summed E-state index contributed by atoms with van der Waals surface area (Å²) in [6, 6.07) is 7.71. The first-order valence-electron chi connectivity index (χ1n) is 8.06. The van der Waals surface area contributed by atoms with Gasteiger partial charge in [-0.3, -0.25) is 9.59 Å². The van der Waals surface area contributed by atoms with Crippen LogP contribution in [0.15, 0.2) is 24.3 Å². The van der Waals surface area contributed by atoms with Gasteiger partial charge in [0.25, 0.3) is 0 Å². The van der Waals surface area contributed by atoms with Gasteiger partial charge < -0.3 is 19.6 Å². The fourth-order valence-electron chi connectivity index (χ4n) is 3.13. The molecule has 0 bridgehead atoms. The van der Waals surface area contributed by atoms with E-state index in [0.717, 1.165) is 17.7 Å². The van der Waals surface area contributed by atoms with Crippen molar-refractivity contribution in [3.8, 4) is 0 Å². The molecule has 24 heavy (non-hydrogen) atoms. The van der Waals surface area contributed by atoms with E-state index in [0.29, 0.717) is 19.5 Å². The fourth-order valence-corrected chi connectivity index (χ4v) is 3.13. The largest absolute Gasteiger partial charge is 0.479 e. The third kappa shape index (κ3) is 3.41. The summed E-state index contributed by atoms with van der Waals surface area (Å²) in [6.45, 7) is 0.962. The van der Waals surface area contributed by atoms with Crippen LogP contribution in [0, 0.1) is 0 Å². The minimum atomic E-state index is -1.06. The molecule has 0 saturated carbocycles. The maximum Gasteiger partial charge on any atom is 0.334 e. The van der Waals surface area contributed by atoms with Gasteiger partial charge in [0.2, 0.25) is 11.8 Å². The van der Waals surface area contributed by atoms with Gasteiger partial charge in [0.1, 0.15) is 0 Å². The van der Waals surface area contributed by atoms with Gasteiger partial charge in [-0.05, 0) is 18.1 Å². The lowest BCUT2D eigenvalue weighted by atomic mass is 10.0. The Hall–Kier alpha value is -2.41. The van der Waals surface area contributed by atoms with Crippen molar-refractivity contribution in [3.63, 3.8) is 0 Å². The SMILES string of the molecule is O=C(O)[C@H]1CN(C(=O)CCN2C(=O)CCc3ccccc32)CCO1. The molecule has 1 fully saturated rings. The molecule has 7 heteroatoms. The second-order valence-electron chi connectivity index (χ2n) is 5.96. The van der Waals surface area contributed by atoms with Gasteiger partial charge in [0, 0.05) is 31.6 Å². The molecule has 1 atom stereocenters. The lowest BCUT2D eigenvalue weighted by molar-refractivity contribution is -0.159. The number of aryl methyl sites for hydroxylation is 1. The normalized spacial score (nSPS) is 20.7. The molecule has 1 N–H and O–H groups in total. The lowest BCUT2D eigenvalue weighted by Gasteiger charge is -2.33. The monoisotopic (exact) mass is 332 g/mol. The van der Waals surface area contributed by atoms with Gasteiger partial charge in [-0.2, -0.15) is 0 Å². The Kier molecular flexibility index (Phi) is 4.80. The van der Waals surface area contributed by atoms with Crippen LogP contribution in [0.25, 0.3) is 0 Å². The summed E-state index contributed by atoms with van der Waals surface area (Å²) >= 11 is 0. The number of carbonyl (C=O) groups is 3. The molecule has 3 rings (SSSR count). The minimum Gasteiger partial charge on any atom is -0.479 e. The van der Waals surface area contributed by atoms with Crippen molar-refractivity contribution < 1.29 is 24.2 Å². The summed E-state index contributed by atoms with van der Waals surface area (Å²) in [5.41, 5.74) is 1.98. The number of hydrogen-bond acceptors (Lipinski definition) is 4. The molecule has 0 aromatic heterocycles. The number of carboxylic acid groups (broad SMARTS) is 1. The Morgan fingerprint density at radius 3 is 2.83 bits per heavy atom. The molecule has 2 aliphatic heterocycles. The maximum absolute atomic E-state index is 12.4. The highest BCUT2D eigenvalue weighted by atomic mass is 16.5. The molecule has 1 saturated heterocycles. The highest BCUT2D eigenvalue weighted by Gasteiger charge is 2.30. The summed E-state index contributed by atoms with van der Waals surface area (Å²) < 4.78 is 5.12. The molecule has 1 aromatic rings. The van der Waals surface area contributed by atoms with Gasteiger partial charge in [-0.25, -0.2) is 4.79 Å². The Labute approximate surface area is 139 Å². The van der Waals surface area contributed by atoms with Crippen LogP contribution >= 0.6 is 0 Å². The molecule has 1 aromatic carbocycles. The van der Waals surface area contributed by atoms with Crippen LogP contribution in [-0.2, 0) is 25.5 Å². The Balaban J connectivity index is 1.62.